The predicted molar refractivity (Wildman–Crippen MR) is 120 cm³/mol. The summed E-state index contributed by atoms with van der Waals surface area (Å²) in [5.41, 5.74) is 4.29. The van der Waals surface area contributed by atoms with E-state index in [1.165, 1.54) is 6.08 Å². The van der Waals surface area contributed by atoms with Crippen LogP contribution in [0.25, 0.3) is 28.8 Å². The van der Waals surface area contributed by atoms with E-state index in [0.717, 1.165) is 21.2 Å². The van der Waals surface area contributed by atoms with Crippen molar-refractivity contribution in [3.8, 4) is 17.2 Å². The fourth-order valence-electron chi connectivity index (χ4n) is 3.06. The van der Waals surface area contributed by atoms with Crippen LogP contribution < -0.4 is 10.1 Å². The van der Waals surface area contributed by atoms with Crippen molar-refractivity contribution < 1.29 is 13.9 Å². The zero-order valence-electron chi connectivity index (χ0n) is 16.3. The molecule has 0 saturated carbocycles. The number of nitrogens with zero attached hydrogens (tertiary/aromatic N) is 2. The van der Waals surface area contributed by atoms with E-state index in [4.69, 9.17) is 9.15 Å². The van der Waals surface area contributed by atoms with Crippen molar-refractivity contribution >= 4 is 44.8 Å². The van der Waals surface area contributed by atoms with Crippen LogP contribution >= 0.6 is 15.9 Å². The number of fused-ring (bicyclic) bond motifs is 1. The van der Waals surface area contributed by atoms with Crippen LogP contribution in [0.3, 0.4) is 0 Å². The van der Waals surface area contributed by atoms with Crippen LogP contribution in [0.15, 0.2) is 69.7 Å². The van der Waals surface area contributed by atoms with Gasteiger partial charge in [-0.15, -0.1) is 0 Å². The highest BCUT2D eigenvalue weighted by molar-refractivity contribution is 9.10. The first-order valence-corrected chi connectivity index (χ1v) is 9.98. The summed E-state index contributed by atoms with van der Waals surface area (Å²) in [6.07, 6.45) is 4.86. The normalized spacial score (nSPS) is 11.2. The Labute approximate surface area is 181 Å². The Morgan fingerprint density at radius 2 is 2.07 bits per heavy atom. The van der Waals surface area contributed by atoms with E-state index in [-0.39, 0.29) is 5.91 Å². The third-order valence-corrected chi connectivity index (χ3v) is 5.09. The van der Waals surface area contributed by atoms with Gasteiger partial charge < -0.3 is 14.5 Å². The van der Waals surface area contributed by atoms with Gasteiger partial charge in [-0.3, -0.25) is 4.79 Å². The quantitative estimate of drug-likeness (QED) is 0.388. The number of aromatic nitrogens is 2. The third kappa shape index (κ3) is 4.11. The molecule has 2 aromatic carbocycles. The number of benzene rings is 2. The van der Waals surface area contributed by atoms with Crippen LogP contribution in [0.4, 0.5) is 5.69 Å². The van der Waals surface area contributed by atoms with Gasteiger partial charge in [0.15, 0.2) is 11.2 Å². The lowest BCUT2D eigenvalue weighted by Crippen LogP contribution is -2.09. The minimum absolute atomic E-state index is 0.253. The molecule has 0 aliphatic rings. The van der Waals surface area contributed by atoms with E-state index in [0.29, 0.717) is 28.6 Å². The molecule has 2 aromatic heterocycles. The second-order valence-corrected chi connectivity index (χ2v) is 7.45. The molecule has 0 atom stereocenters. The van der Waals surface area contributed by atoms with Crippen LogP contribution in [-0.4, -0.2) is 23.0 Å². The lowest BCUT2D eigenvalue weighted by atomic mass is 10.1. The molecule has 2 heterocycles. The highest BCUT2D eigenvalue weighted by Crippen LogP contribution is 2.30. The molecule has 7 heteroatoms. The number of hydrogen-bond acceptors (Lipinski definition) is 5. The molecular weight excluding hydrogens is 446 g/mol. The highest BCUT2D eigenvalue weighted by atomic mass is 79.9. The molecule has 0 radical (unpaired) electrons. The molecular formula is C23H18BrN3O3. The Morgan fingerprint density at radius 3 is 2.87 bits per heavy atom. The van der Waals surface area contributed by atoms with Gasteiger partial charge in [-0.25, -0.2) is 4.98 Å². The number of carbonyl (C=O) groups is 1. The molecule has 0 fully saturated rings. The van der Waals surface area contributed by atoms with Gasteiger partial charge in [0.1, 0.15) is 5.75 Å². The van der Waals surface area contributed by atoms with Crippen molar-refractivity contribution in [1.82, 2.24) is 9.97 Å². The van der Waals surface area contributed by atoms with Crippen LogP contribution in [0.2, 0.25) is 0 Å². The molecule has 4 aromatic rings. The smallest absolute Gasteiger partial charge is 0.248 e. The SMILES string of the molecule is COc1ccc(Br)cc1/C=C/C(=O)Nc1cccc(-c2nc3ncccc3o2)c1C. The highest BCUT2D eigenvalue weighted by Gasteiger charge is 2.14. The lowest BCUT2D eigenvalue weighted by Gasteiger charge is -2.09. The molecule has 6 nitrogen and oxygen atoms in total. The largest absolute Gasteiger partial charge is 0.496 e. The molecule has 4 rings (SSSR count). The molecule has 0 spiro atoms. The average molecular weight is 464 g/mol. The molecule has 0 aliphatic carbocycles. The van der Waals surface area contributed by atoms with Crippen molar-refractivity contribution in [3.05, 3.63) is 76.4 Å². The second kappa shape index (κ2) is 8.51. The fourth-order valence-corrected chi connectivity index (χ4v) is 3.44. The van der Waals surface area contributed by atoms with Crippen LogP contribution in [0.5, 0.6) is 5.75 Å². The molecule has 30 heavy (non-hydrogen) atoms. The summed E-state index contributed by atoms with van der Waals surface area (Å²) in [6, 6.07) is 14.8. The van der Waals surface area contributed by atoms with Crippen molar-refractivity contribution in [2.75, 3.05) is 12.4 Å². The van der Waals surface area contributed by atoms with Crippen LogP contribution in [-0.2, 0) is 4.79 Å². The summed E-state index contributed by atoms with van der Waals surface area (Å²) >= 11 is 3.43. The van der Waals surface area contributed by atoms with Gasteiger partial charge in [-0.05, 0) is 61.0 Å². The number of carbonyl (C=O) groups excluding carboxylic acids is 1. The summed E-state index contributed by atoms with van der Waals surface area (Å²) in [4.78, 5) is 21.2. The van der Waals surface area contributed by atoms with Gasteiger partial charge in [0.25, 0.3) is 0 Å². The van der Waals surface area contributed by atoms with Gasteiger partial charge >= 0.3 is 0 Å². The molecule has 0 aliphatic heterocycles. The summed E-state index contributed by atoms with van der Waals surface area (Å²) in [7, 11) is 1.59. The zero-order chi connectivity index (χ0) is 21.1. The monoisotopic (exact) mass is 463 g/mol. The van der Waals surface area contributed by atoms with Crippen molar-refractivity contribution in [1.29, 1.82) is 0 Å². The number of pyridine rings is 1. The third-order valence-electron chi connectivity index (χ3n) is 4.59. The van der Waals surface area contributed by atoms with Crippen LogP contribution in [0.1, 0.15) is 11.1 Å². The van der Waals surface area contributed by atoms with E-state index in [2.05, 4.69) is 31.2 Å². The Kier molecular flexibility index (Phi) is 5.63. The van der Waals surface area contributed by atoms with E-state index in [1.807, 2.05) is 49.4 Å². The summed E-state index contributed by atoms with van der Waals surface area (Å²) < 4.78 is 12.1. The lowest BCUT2D eigenvalue weighted by molar-refractivity contribution is -0.111. The minimum atomic E-state index is -0.253. The number of ether oxygens (including phenoxy) is 1. The number of halogens is 1. The maximum absolute atomic E-state index is 12.5. The Bertz CT molecular complexity index is 1230. The van der Waals surface area contributed by atoms with Gasteiger partial charge in [0, 0.05) is 33.6 Å². The molecule has 150 valence electrons. The van der Waals surface area contributed by atoms with Crippen molar-refractivity contribution in [2.24, 2.45) is 0 Å². The Morgan fingerprint density at radius 1 is 1.20 bits per heavy atom. The predicted octanol–water partition coefficient (Wildman–Crippen LogP) is 5.62. The number of methoxy groups -OCH3 is 1. The maximum atomic E-state index is 12.5. The number of anilines is 1. The summed E-state index contributed by atoms with van der Waals surface area (Å²) in [5, 5.41) is 2.91. The fraction of sp³-hybridized carbons (Fsp3) is 0.0870. The van der Waals surface area contributed by atoms with Gasteiger partial charge in [0.05, 0.1) is 7.11 Å². The van der Waals surface area contributed by atoms with Crippen molar-refractivity contribution in [3.63, 3.8) is 0 Å². The zero-order valence-corrected chi connectivity index (χ0v) is 17.9. The Hall–Kier alpha value is -3.45. The first-order chi connectivity index (χ1) is 14.5. The number of amides is 1. The van der Waals surface area contributed by atoms with Gasteiger partial charge in [0.2, 0.25) is 11.8 Å². The number of oxazole rings is 1. The number of nitrogens with one attached hydrogen (secondary N) is 1. The van der Waals surface area contributed by atoms with E-state index in [9.17, 15) is 4.79 Å². The first kappa shape index (κ1) is 19.8. The maximum Gasteiger partial charge on any atom is 0.248 e. The van der Waals surface area contributed by atoms with Gasteiger partial charge in [-0.2, -0.15) is 4.98 Å². The van der Waals surface area contributed by atoms with Gasteiger partial charge in [-0.1, -0.05) is 22.0 Å². The first-order valence-electron chi connectivity index (χ1n) is 9.19. The summed E-state index contributed by atoms with van der Waals surface area (Å²) in [6.45, 7) is 1.91. The molecule has 0 saturated heterocycles. The minimum Gasteiger partial charge on any atom is -0.496 e. The molecule has 1 N–H and O–H groups in total. The molecule has 0 bridgehead atoms. The van der Waals surface area contributed by atoms with E-state index < -0.39 is 0 Å². The second-order valence-electron chi connectivity index (χ2n) is 6.53. The standard InChI is InChI=1S/C23H18BrN3O3/c1-14-17(23-27-22-20(30-23)7-4-12-25-22)5-3-6-18(14)26-21(28)11-8-15-13-16(24)9-10-19(15)29-2/h3-13H,1-2H3,(H,26,28)/b11-8+. The van der Waals surface area contributed by atoms with Crippen LogP contribution in [0, 0.1) is 6.92 Å². The van der Waals surface area contributed by atoms with Crippen molar-refractivity contribution in [2.45, 2.75) is 6.92 Å². The van der Waals surface area contributed by atoms with E-state index in [1.54, 1.807) is 25.4 Å². The Balaban J connectivity index is 1.57. The number of hydrogen-bond donors (Lipinski definition) is 1. The number of rotatable bonds is 5. The summed E-state index contributed by atoms with van der Waals surface area (Å²) in [5.74, 6) is 0.897. The average Bonchev–Trinajstić information content (AvgIpc) is 3.18. The topological polar surface area (TPSA) is 77.2 Å². The van der Waals surface area contributed by atoms with E-state index >= 15 is 0 Å². The molecule has 0 unspecified atom stereocenters. The molecule has 1 amide bonds.